The van der Waals surface area contributed by atoms with E-state index in [2.05, 4.69) is 10.3 Å². The van der Waals surface area contributed by atoms with Gasteiger partial charge in [0.05, 0.1) is 16.0 Å². The van der Waals surface area contributed by atoms with Crippen LogP contribution >= 0.6 is 0 Å². The molecule has 0 bridgehead atoms. The fraction of sp³-hybridized carbons (Fsp3) is 0.105. The van der Waals surface area contributed by atoms with Gasteiger partial charge >= 0.3 is 5.97 Å². The van der Waals surface area contributed by atoms with Gasteiger partial charge in [-0.05, 0) is 31.2 Å². The molecule has 1 heterocycles. The SMILES string of the molecule is Cc1cc(C(=O)OCC(=O)Nc2ccc([N+](=O)[O-])cc2)c2ccccc2n1. The van der Waals surface area contributed by atoms with Crippen molar-refractivity contribution in [1.82, 2.24) is 4.98 Å². The van der Waals surface area contributed by atoms with Crippen LogP contribution in [0.4, 0.5) is 11.4 Å². The van der Waals surface area contributed by atoms with E-state index >= 15 is 0 Å². The van der Waals surface area contributed by atoms with E-state index < -0.39 is 23.4 Å². The van der Waals surface area contributed by atoms with E-state index in [1.54, 1.807) is 31.2 Å². The fourth-order valence-corrected chi connectivity index (χ4v) is 2.55. The number of hydrogen-bond donors (Lipinski definition) is 1. The van der Waals surface area contributed by atoms with Crippen LogP contribution in [0.5, 0.6) is 0 Å². The van der Waals surface area contributed by atoms with Crippen molar-refractivity contribution in [2.24, 2.45) is 0 Å². The second kappa shape index (κ2) is 7.61. The number of carbonyl (C=O) groups excluding carboxylic acids is 2. The van der Waals surface area contributed by atoms with Crippen LogP contribution in [0.25, 0.3) is 10.9 Å². The first-order valence-electron chi connectivity index (χ1n) is 8.02. The number of aryl methyl sites for hydroxylation is 1. The Balaban J connectivity index is 1.65. The zero-order valence-electron chi connectivity index (χ0n) is 14.3. The van der Waals surface area contributed by atoms with Gasteiger partial charge in [0.1, 0.15) is 0 Å². The normalized spacial score (nSPS) is 10.4. The Kier molecular flexibility index (Phi) is 5.07. The second-order valence-corrected chi connectivity index (χ2v) is 5.76. The number of para-hydroxylation sites is 1. The molecule has 8 heteroatoms. The quantitative estimate of drug-likeness (QED) is 0.422. The minimum Gasteiger partial charge on any atom is -0.452 e. The van der Waals surface area contributed by atoms with E-state index in [0.717, 1.165) is 0 Å². The molecule has 0 saturated carbocycles. The third kappa shape index (κ3) is 4.24. The van der Waals surface area contributed by atoms with Crippen molar-refractivity contribution >= 4 is 34.2 Å². The Hall–Kier alpha value is -3.81. The molecule has 1 aromatic heterocycles. The van der Waals surface area contributed by atoms with E-state index in [1.165, 1.54) is 24.3 Å². The first kappa shape index (κ1) is 18.0. The summed E-state index contributed by atoms with van der Waals surface area (Å²) in [4.78, 5) is 38.8. The molecule has 0 unspecified atom stereocenters. The maximum atomic E-state index is 12.4. The number of hydrogen-bond acceptors (Lipinski definition) is 6. The summed E-state index contributed by atoms with van der Waals surface area (Å²) in [5, 5.41) is 13.8. The zero-order chi connectivity index (χ0) is 19.4. The predicted molar refractivity (Wildman–Crippen MR) is 98.5 cm³/mol. The highest BCUT2D eigenvalue weighted by molar-refractivity contribution is 6.04. The number of non-ortho nitro benzene ring substituents is 1. The highest BCUT2D eigenvalue weighted by Crippen LogP contribution is 2.19. The van der Waals surface area contributed by atoms with Crippen molar-refractivity contribution in [3.8, 4) is 0 Å². The molecule has 3 rings (SSSR count). The monoisotopic (exact) mass is 365 g/mol. The topological polar surface area (TPSA) is 111 Å². The average Bonchev–Trinajstić information content (AvgIpc) is 2.65. The van der Waals surface area contributed by atoms with Crippen molar-refractivity contribution in [2.75, 3.05) is 11.9 Å². The number of nitrogens with zero attached hydrogens (tertiary/aromatic N) is 2. The highest BCUT2D eigenvalue weighted by Gasteiger charge is 2.15. The van der Waals surface area contributed by atoms with Gasteiger partial charge in [-0.15, -0.1) is 0 Å². The lowest BCUT2D eigenvalue weighted by Gasteiger charge is -2.09. The summed E-state index contributed by atoms with van der Waals surface area (Å²) in [6, 6.07) is 14.1. The minimum absolute atomic E-state index is 0.0839. The number of anilines is 1. The minimum atomic E-state index is -0.629. The molecular weight excluding hydrogens is 350 g/mol. The van der Waals surface area contributed by atoms with Crippen LogP contribution in [0.1, 0.15) is 16.1 Å². The van der Waals surface area contributed by atoms with Crippen LogP contribution in [0.3, 0.4) is 0 Å². The van der Waals surface area contributed by atoms with Crippen LogP contribution in [-0.2, 0) is 9.53 Å². The molecule has 1 N–H and O–H groups in total. The fourth-order valence-electron chi connectivity index (χ4n) is 2.55. The van der Waals surface area contributed by atoms with E-state index in [4.69, 9.17) is 4.74 Å². The van der Waals surface area contributed by atoms with Gasteiger partial charge in [0.25, 0.3) is 11.6 Å². The summed E-state index contributed by atoms with van der Waals surface area (Å²) in [5.74, 6) is -1.18. The summed E-state index contributed by atoms with van der Waals surface area (Å²) < 4.78 is 5.10. The molecule has 3 aromatic rings. The first-order valence-corrected chi connectivity index (χ1v) is 8.02. The Bertz CT molecular complexity index is 1030. The number of nitro groups is 1. The lowest BCUT2D eigenvalue weighted by Crippen LogP contribution is -2.21. The van der Waals surface area contributed by atoms with Crippen molar-refractivity contribution < 1.29 is 19.2 Å². The molecule has 1 amide bonds. The van der Waals surface area contributed by atoms with Gasteiger partial charge in [-0.25, -0.2) is 4.79 Å². The van der Waals surface area contributed by atoms with Gasteiger partial charge in [0, 0.05) is 28.9 Å². The number of amides is 1. The average molecular weight is 365 g/mol. The van der Waals surface area contributed by atoms with Crippen LogP contribution < -0.4 is 5.32 Å². The van der Waals surface area contributed by atoms with Gasteiger partial charge in [-0.3, -0.25) is 19.9 Å². The largest absolute Gasteiger partial charge is 0.452 e. The van der Waals surface area contributed by atoms with Crippen LogP contribution in [0.15, 0.2) is 54.6 Å². The Morgan fingerprint density at radius 1 is 1.15 bits per heavy atom. The Morgan fingerprint density at radius 2 is 1.85 bits per heavy atom. The summed E-state index contributed by atoms with van der Waals surface area (Å²) in [7, 11) is 0. The maximum Gasteiger partial charge on any atom is 0.339 e. The third-order valence-corrected chi connectivity index (χ3v) is 3.76. The predicted octanol–water partition coefficient (Wildman–Crippen LogP) is 3.25. The molecular formula is C19H15N3O5. The number of esters is 1. The zero-order valence-corrected chi connectivity index (χ0v) is 14.3. The number of nitro benzene ring substituents is 1. The van der Waals surface area contributed by atoms with Crippen molar-refractivity contribution in [2.45, 2.75) is 6.92 Å². The molecule has 0 aliphatic heterocycles. The molecule has 0 fully saturated rings. The van der Waals surface area contributed by atoms with Crippen molar-refractivity contribution in [3.05, 3.63) is 76.0 Å². The van der Waals surface area contributed by atoms with Crippen LogP contribution in [0, 0.1) is 17.0 Å². The standard InChI is InChI=1S/C19H15N3O5/c1-12-10-16(15-4-2-3-5-17(15)20-12)19(24)27-11-18(23)21-13-6-8-14(9-7-13)22(25)26/h2-10H,11H2,1H3,(H,21,23). The van der Waals surface area contributed by atoms with Crippen molar-refractivity contribution in [3.63, 3.8) is 0 Å². The van der Waals surface area contributed by atoms with Gasteiger partial charge in [-0.1, -0.05) is 18.2 Å². The molecule has 2 aromatic carbocycles. The smallest absolute Gasteiger partial charge is 0.339 e. The summed E-state index contributed by atoms with van der Waals surface area (Å²) in [6.07, 6.45) is 0. The van der Waals surface area contributed by atoms with E-state index in [1.807, 2.05) is 6.07 Å². The van der Waals surface area contributed by atoms with Gasteiger partial charge in [0.15, 0.2) is 6.61 Å². The molecule has 0 saturated heterocycles. The number of rotatable bonds is 5. The first-order chi connectivity index (χ1) is 12.9. The van der Waals surface area contributed by atoms with Gasteiger partial charge < -0.3 is 10.1 Å². The molecule has 0 radical (unpaired) electrons. The molecule has 27 heavy (non-hydrogen) atoms. The molecule has 0 atom stereocenters. The molecule has 0 aliphatic rings. The van der Waals surface area contributed by atoms with E-state index in [0.29, 0.717) is 27.8 Å². The van der Waals surface area contributed by atoms with Crippen LogP contribution in [0.2, 0.25) is 0 Å². The molecule has 136 valence electrons. The number of pyridine rings is 1. The molecule has 8 nitrogen and oxygen atoms in total. The molecule has 0 aliphatic carbocycles. The van der Waals surface area contributed by atoms with Gasteiger partial charge in [0.2, 0.25) is 0 Å². The number of ether oxygens (including phenoxy) is 1. The van der Waals surface area contributed by atoms with Gasteiger partial charge in [-0.2, -0.15) is 0 Å². The van der Waals surface area contributed by atoms with E-state index in [-0.39, 0.29) is 5.69 Å². The number of fused-ring (bicyclic) bond motifs is 1. The third-order valence-electron chi connectivity index (χ3n) is 3.76. The lowest BCUT2D eigenvalue weighted by atomic mass is 10.1. The number of nitrogens with one attached hydrogen (secondary N) is 1. The maximum absolute atomic E-state index is 12.4. The Morgan fingerprint density at radius 3 is 2.56 bits per heavy atom. The lowest BCUT2D eigenvalue weighted by molar-refractivity contribution is -0.384. The highest BCUT2D eigenvalue weighted by atomic mass is 16.6. The number of aromatic nitrogens is 1. The summed E-state index contributed by atoms with van der Waals surface area (Å²) in [6.45, 7) is 1.29. The second-order valence-electron chi connectivity index (χ2n) is 5.76. The van der Waals surface area contributed by atoms with Crippen molar-refractivity contribution in [1.29, 1.82) is 0 Å². The number of carbonyl (C=O) groups is 2. The summed E-state index contributed by atoms with van der Waals surface area (Å²) >= 11 is 0. The Labute approximate surface area is 153 Å². The summed E-state index contributed by atoms with van der Waals surface area (Å²) in [5.41, 5.74) is 1.95. The van der Waals surface area contributed by atoms with E-state index in [9.17, 15) is 19.7 Å². The van der Waals surface area contributed by atoms with Crippen LogP contribution in [-0.4, -0.2) is 28.4 Å². The number of benzene rings is 2. The molecule has 0 spiro atoms.